The lowest BCUT2D eigenvalue weighted by atomic mass is 9.85. The molecule has 1 aromatic carbocycles. The van der Waals surface area contributed by atoms with Crippen molar-refractivity contribution in [1.29, 1.82) is 0 Å². The molecule has 0 aliphatic heterocycles. The van der Waals surface area contributed by atoms with Crippen molar-refractivity contribution in [1.82, 2.24) is 0 Å². The van der Waals surface area contributed by atoms with E-state index in [9.17, 15) is 0 Å². The molecule has 0 aromatic heterocycles. The van der Waals surface area contributed by atoms with Crippen LogP contribution in [0.4, 0.5) is 0 Å². The lowest BCUT2D eigenvalue weighted by Crippen LogP contribution is -2.27. The number of hydrogen-bond acceptors (Lipinski definition) is 1. The first kappa shape index (κ1) is 13.5. The maximum absolute atomic E-state index is 6.55. The molecule has 0 saturated heterocycles. The highest BCUT2D eigenvalue weighted by Crippen LogP contribution is 2.35. The van der Waals surface area contributed by atoms with Crippen LogP contribution in [-0.4, -0.2) is 9.74 Å². The molecule has 0 N–H and O–H groups in total. The molecule has 1 aromatic rings. The third-order valence-electron chi connectivity index (χ3n) is 3.43. The Labute approximate surface area is 119 Å². The van der Waals surface area contributed by atoms with Crippen molar-refractivity contribution in [3.8, 4) is 0 Å². The Morgan fingerprint density at radius 1 is 1.28 bits per heavy atom. The summed E-state index contributed by atoms with van der Waals surface area (Å²) in [6.07, 6.45) is 7.14. The Hall–Kier alpha value is -0.920. The number of hydrogen-bond donors (Lipinski definition) is 0. The summed E-state index contributed by atoms with van der Waals surface area (Å²) >= 11 is 12.1. The molecule has 94 valence electrons. The van der Waals surface area contributed by atoms with Crippen LogP contribution in [0.2, 0.25) is 0 Å². The molecule has 0 radical (unpaired) electrons. The smallest absolute Gasteiger partial charge is 0.0686 e. The molecule has 0 saturated carbocycles. The Bertz CT molecular complexity index is 499. The summed E-state index contributed by atoms with van der Waals surface area (Å²) in [6, 6.07) is 10.1. The lowest BCUT2D eigenvalue weighted by molar-refractivity contribution is 0.502. The van der Waals surface area contributed by atoms with Gasteiger partial charge in [-0.3, -0.25) is 0 Å². The first-order valence-corrected chi connectivity index (χ1v) is 6.99. The van der Waals surface area contributed by atoms with Crippen LogP contribution >= 0.6 is 23.8 Å². The monoisotopic (exact) mass is 276 g/mol. The van der Waals surface area contributed by atoms with E-state index in [1.54, 1.807) is 0 Å². The van der Waals surface area contributed by atoms with Gasteiger partial charge in [0.25, 0.3) is 0 Å². The summed E-state index contributed by atoms with van der Waals surface area (Å²) in [5.74, 6) is 0.415. The van der Waals surface area contributed by atoms with Gasteiger partial charge >= 0.3 is 0 Å². The number of alkyl halides is 1. The highest BCUT2D eigenvalue weighted by atomic mass is 35.5. The molecule has 0 fully saturated rings. The number of allylic oxidation sites excluding steroid dienone is 4. The van der Waals surface area contributed by atoms with Gasteiger partial charge in [-0.15, -0.1) is 11.6 Å². The summed E-state index contributed by atoms with van der Waals surface area (Å²) in [7, 11) is 0. The molecule has 0 nitrogen and oxygen atoms in total. The van der Waals surface area contributed by atoms with Gasteiger partial charge in [-0.1, -0.05) is 74.6 Å². The van der Waals surface area contributed by atoms with Gasteiger partial charge in [0.05, 0.1) is 9.74 Å². The zero-order valence-corrected chi connectivity index (χ0v) is 12.3. The molecule has 1 unspecified atom stereocenters. The molecule has 0 amide bonds. The number of thiocarbonyl (C=S) groups is 1. The largest absolute Gasteiger partial charge is 0.114 e. The maximum atomic E-state index is 6.55. The molecule has 1 aliphatic rings. The molecule has 18 heavy (non-hydrogen) atoms. The minimum atomic E-state index is -0.254. The average Bonchev–Trinajstić information content (AvgIpc) is 2.40. The fraction of sp³-hybridized carbons (Fsp3) is 0.312. The Kier molecular flexibility index (Phi) is 4.04. The van der Waals surface area contributed by atoms with Crippen LogP contribution in [0.25, 0.3) is 0 Å². The lowest BCUT2D eigenvalue weighted by Gasteiger charge is -2.29. The van der Waals surface area contributed by atoms with Crippen molar-refractivity contribution in [2.24, 2.45) is 5.92 Å². The molecular weight excluding hydrogens is 260 g/mol. The molecule has 0 bridgehead atoms. The quantitative estimate of drug-likeness (QED) is 0.429. The van der Waals surface area contributed by atoms with Crippen LogP contribution in [0.5, 0.6) is 0 Å². The van der Waals surface area contributed by atoms with E-state index in [1.807, 2.05) is 30.3 Å². The molecular formula is C16H17ClS. The van der Waals surface area contributed by atoms with E-state index in [4.69, 9.17) is 23.8 Å². The highest BCUT2D eigenvalue weighted by molar-refractivity contribution is 7.81. The van der Waals surface area contributed by atoms with Crippen LogP contribution in [0.1, 0.15) is 25.8 Å². The fourth-order valence-corrected chi connectivity index (χ4v) is 2.41. The van der Waals surface area contributed by atoms with Crippen molar-refractivity contribution in [3.63, 3.8) is 0 Å². The SMILES string of the molecule is CC(C)C1(Cl)C=CC(C(=S)c2ccccc2)=CC1. The third kappa shape index (κ3) is 2.73. The van der Waals surface area contributed by atoms with Gasteiger partial charge in [-0.05, 0) is 23.5 Å². The third-order valence-corrected chi connectivity index (χ3v) is 4.62. The van der Waals surface area contributed by atoms with E-state index in [1.165, 1.54) is 0 Å². The van der Waals surface area contributed by atoms with Crippen LogP contribution in [-0.2, 0) is 0 Å². The first-order valence-electron chi connectivity index (χ1n) is 6.21. The second-order valence-corrected chi connectivity index (χ2v) is 6.09. The maximum Gasteiger partial charge on any atom is 0.0686 e. The van der Waals surface area contributed by atoms with E-state index in [2.05, 4.69) is 32.1 Å². The second kappa shape index (κ2) is 5.38. The molecule has 1 aliphatic carbocycles. The Balaban J connectivity index is 2.17. The number of halogens is 1. The van der Waals surface area contributed by atoms with E-state index >= 15 is 0 Å². The normalized spacial score (nSPS) is 23.0. The van der Waals surface area contributed by atoms with Gasteiger partial charge in [-0.25, -0.2) is 0 Å². The Morgan fingerprint density at radius 3 is 2.44 bits per heavy atom. The standard InChI is InChI=1S/C16H17ClS/c1-12(2)16(17)10-8-14(9-11-16)15(18)13-6-4-3-5-7-13/h3-10,12H,11H2,1-2H3. The van der Waals surface area contributed by atoms with Gasteiger partial charge in [0.15, 0.2) is 0 Å². The number of benzene rings is 1. The highest BCUT2D eigenvalue weighted by Gasteiger charge is 2.29. The van der Waals surface area contributed by atoms with E-state index in [0.717, 1.165) is 22.4 Å². The molecule has 2 heteroatoms. The van der Waals surface area contributed by atoms with Crippen LogP contribution in [0.15, 0.2) is 54.1 Å². The summed E-state index contributed by atoms with van der Waals surface area (Å²) in [5, 5.41) is 0. The van der Waals surface area contributed by atoms with Crippen LogP contribution in [0, 0.1) is 5.92 Å². The molecule has 0 heterocycles. The predicted molar refractivity (Wildman–Crippen MR) is 83.4 cm³/mol. The molecule has 2 rings (SSSR count). The summed E-state index contributed by atoms with van der Waals surface area (Å²) in [6.45, 7) is 4.29. The average molecular weight is 277 g/mol. The van der Waals surface area contributed by atoms with E-state index in [0.29, 0.717) is 5.92 Å². The minimum Gasteiger partial charge on any atom is -0.114 e. The van der Waals surface area contributed by atoms with Gasteiger partial charge in [0.1, 0.15) is 0 Å². The second-order valence-electron chi connectivity index (χ2n) is 4.97. The van der Waals surface area contributed by atoms with Crippen molar-refractivity contribution in [3.05, 3.63) is 59.7 Å². The van der Waals surface area contributed by atoms with Crippen molar-refractivity contribution in [2.45, 2.75) is 25.1 Å². The van der Waals surface area contributed by atoms with Gasteiger partial charge in [0, 0.05) is 0 Å². The summed E-state index contributed by atoms with van der Waals surface area (Å²) in [4.78, 5) is 0.643. The Morgan fingerprint density at radius 2 is 1.94 bits per heavy atom. The van der Waals surface area contributed by atoms with Crippen molar-refractivity contribution in [2.75, 3.05) is 0 Å². The zero-order valence-electron chi connectivity index (χ0n) is 10.7. The van der Waals surface area contributed by atoms with Crippen molar-refractivity contribution >= 4 is 28.7 Å². The van der Waals surface area contributed by atoms with Crippen LogP contribution < -0.4 is 0 Å². The zero-order chi connectivity index (χ0) is 13.2. The first-order chi connectivity index (χ1) is 8.53. The topological polar surface area (TPSA) is 0 Å². The van der Waals surface area contributed by atoms with E-state index in [-0.39, 0.29) is 4.87 Å². The number of rotatable bonds is 3. The van der Waals surface area contributed by atoms with Gasteiger partial charge < -0.3 is 0 Å². The predicted octanol–water partition coefficient (Wildman–Crippen LogP) is 4.92. The van der Waals surface area contributed by atoms with Crippen LogP contribution in [0.3, 0.4) is 0 Å². The molecule has 1 atom stereocenters. The van der Waals surface area contributed by atoms with E-state index < -0.39 is 0 Å². The summed E-state index contributed by atoms with van der Waals surface area (Å²) < 4.78 is 0. The van der Waals surface area contributed by atoms with Crippen molar-refractivity contribution < 1.29 is 0 Å². The van der Waals surface area contributed by atoms with Gasteiger partial charge in [0.2, 0.25) is 0 Å². The minimum absolute atomic E-state index is 0.254. The van der Waals surface area contributed by atoms with Gasteiger partial charge in [-0.2, -0.15) is 0 Å². The fourth-order valence-electron chi connectivity index (χ4n) is 1.98. The molecule has 0 spiro atoms. The summed E-state index contributed by atoms with van der Waals surface area (Å²) in [5.41, 5.74) is 2.20.